The normalized spacial score (nSPS) is 13.9. The lowest BCUT2D eigenvalue weighted by atomic mass is 10.0. The fourth-order valence-corrected chi connectivity index (χ4v) is 1.80. The number of aliphatic hydroxyl groups is 1. The Kier molecular flexibility index (Phi) is 6.53. The first-order chi connectivity index (χ1) is 9.10. The maximum absolute atomic E-state index is 12.2. The number of benzene rings is 1. The first-order valence-corrected chi connectivity index (χ1v) is 6.74. The largest absolute Gasteiger partial charge is 0.396 e. The Labute approximate surface area is 115 Å². The van der Waals surface area contributed by atoms with Gasteiger partial charge in [-0.2, -0.15) is 0 Å². The van der Waals surface area contributed by atoms with E-state index >= 15 is 0 Å². The number of nitrogens with one attached hydrogen (secondary N) is 2. The molecule has 0 aromatic heterocycles. The highest BCUT2D eigenvalue weighted by molar-refractivity contribution is 5.95. The van der Waals surface area contributed by atoms with Gasteiger partial charge < -0.3 is 15.7 Å². The zero-order valence-corrected chi connectivity index (χ0v) is 11.9. The van der Waals surface area contributed by atoms with Crippen molar-refractivity contribution in [2.45, 2.75) is 26.3 Å². The van der Waals surface area contributed by atoms with Crippen LogP contribution in [0.2, 0.25) is 0 Å². The lowest BCUT2D eigenvalue weighted by molar-refractivity contribution is 0.0915. The summed E-state index contributed by atoms with van der Waals surface area (Å²) >= 11 is 0. The predicted molar refractivity (Wildman–Crippen MR) is 77.3 cm³/mol. The van der Waals surface area contributed by atoms with Crippen LogP contribution in [0.4, 0.5) is 0 Å². The molecule has 0 aliphatic heterocycles. The quantitative estimate of drug-likeness (QED) is 0.693. The van der Waals surface area contributed by atoms with Crippen LogP contribution in [-0.4, -0.2) is 37.3 Å². The number of carbonyl (C=O) groups is 1. The van der Waals surface area contributed by atoms with Crippen LogP contribution in [0.15, 0.2) is 24.3 Å². The number of likely N-dealkylation sites (N-methyl/N-ethyl adjacent to an activating group) is 1. The molecule has 2 atom stereocenters. The molecule has 0 aliphatic rings. The molecule has 0 aliphatic carbocycles. The molecule has 0 heterocycles. The molecule has 106 valence electrons. The van der Waals surface area contributed by atoms with Crippen LogP contribution in [0.3, 0.4) is 0 Å². The molecule has 3 N–H and O–H groups in total. The van der Waals surface area contributed by atoms with Crippen molar-refractivity contribution >= 4 is 5.91 Å². The first-order valence-electron chi connectivity index (χ1n) is 6.74. The molecule has 4 heteroatoms. The van der Waals surface area contributed by atoms with E-state index in [4.69, 9.17) is 5.11 Å². The highest BCUT2D eigenvalue weighted by atomic mass is 16.3. The van der Waals surface area contributed by atoms with Crippen molar-refractivity contribution in [2.24, 2.45) is 5.92 Å². The van der Waals surface area contributed by atoms with E-state index < -0.39 is 0 Å². The number of hydrogen-bond acceptors (Lipinski definition) is 3. The Morgan fingerprint density at radius 2 is 2.00 bits per heavy atom. The zero-order chi connectivity index (χ0) is 14.3. The van der Waals surface area contributed by atoms with E-state index in [0.29, 0.717) is 0 Å². The van der Waals surface area contributed by atoms with Gasteiger partial charge in [0.1, 0.15) is 0 Å². The average molecular weight is 264 g/mol. The van der Waals surface area contributed by atoms with Crippen LogP contribution in [0, 0.1) is 5.92 Å². The summed E-state index contributed by atoms with van der Waals surface area (Å²) in [5, 5.41) is 15.1. The standard InChI is InChI=1S/C15H24N2O2/c1-11(10-18)12(2)17-15(19)14-7-5-4-6-13(14)8-9-16-3/h4-7,11-12,16,18H,8-10H2,1-3H3,(H,17,19). The number of rotatable bonds is 7. The molecular weight excluding hydrogens is 240 g/mol. The molecule has 0 saturated heterocycles. The van der Waals surface area contributed by atoms with Crippen LogP contribution in [0.25, 0.3) is 0 Å². The van der Waals surface area contributed by atoms with Crippen molar-refractivity contribution in [3.63, 3.8) is 0 Å². The SMILES string of the molecule is CNCCc1ccccc1C(=O)NC(C)C(C)CO. The second-order valence-corrected chi connectivity index (χ2v) is 4.93. The molecule has 1 rings (SSSR count). The van der Waals surface area contributed by atoms with E-state index in [9.17, 15) is 4.79 Å². The van der Waals surface area contributed by atoms with Gasteiger partial charge in [0.25, 0.3) is 5.91 Å². The van der Waals surface area contributed by atoms with Gasteiger partial charge in [0.05, 0.1) is 0 Å². The molecule has 0 bridgehead atoms. The van der Waals surface area contributed by atoms with E-state index in [-0.39, 0.29) is 24.5 Å². The summed E-state index contributed by atoms with van der Waals surface area (Å²) in [5.74, 6) is -0.0204. The van der Waals surface area contributed by atoms with Gasteiger partial charge in [-0.15, -0.1) is 0 Å². The summed E-state index contributed by atoms with van der Waals surface area (Å²) in [4.78, 5) is 12.2. The minimum atomic E-state index is -0.0699. The molecule has 2 unspecified atom stereocenters. The molecule has 0 saturated carbocycles. The Bertz CT molecular complexity index is 407. The van der Waals surface area contributed by atoms with Crippen LogP contribution in [-0.2, 0) is 6.42 Å². The Morgan fingerprint density at radius 3 is 2.63 bits per heavy atom. The van der Waals surface area contributed by atoms with Crippen molar-refractivity contribution < 1.29 is 9.90 Å². The van der Waals surface area contributed by atoms with Gasteiger partial charge in [-0.05, 0) is 44.5 Å². The van der Waals surface area contributed by atoms with Gasteiger partial charge in [0, 0.05) is 18.2 Å². The molecule has 1 aromatic rings. The number of hydrogen-bond donors (Lipinski definition) is 3. The highest BCUT2D eigenvalue weighted by Gasteiger charge is 2.16. The van der Waals surface area contributed by atoms with Crippen molar-refractivity contribution in [3.05, 3.63) is 35.4 Å². The molecule has 19 heavy (non-hydrogen) atoms. The van der Waals surface area contributed by atoms with E-state index in [1.54, 1.807) is 0 Å². The van der Waals surface area contributed by atoms with Crippen LogP contribution < -0.4 is 10.6 Å². The Balaban J connectivity index is 2.76. The summed E-state index contributed by atoms with van der Waals surface area (Å²) < 4.78 is 0. The van der Waals surface area contributed by atoms with Gasteiger partial charge in [0.2, 0.25) is 0 Å². The molecule has 0 fully saturated rings. The topological polar surface area (TPSA) is 61.4 Å². The lowest BCUT2D eigenvalue weighted by Gasteiger charge is -2.20. The molecule has 4 nitrogen and oxygen atoms in total. The smallest absolute Gasteiger partial charge is 0.251 e. The van der Waals surface area contributed by atoms with Gasteiger partial charge in [-0.25, -0.2) is 0 Å². The highest BCUT2D eigenvalue weighted by Crippen LogP contribution is 2.11. The Morgan fingerprint density at radius 1 is 1.32 bits per heavy atom. The fourth-order valence-electron chi connectivity index (χ4n) is 1.80. The summed E-state index contributed by atoms with van der Waals surface area (Å²) in [6.45, 7) is 4.74. The van der Waals surface area contributed by atoms with Gasteiger partial charge in [-0.3, -0.25) is 4.79 Å². The van der Waals surface area contributed by atoms with E-state index in [2.05, 4.69) is 10.6 Å². The second-order valence-electron chi connectivity index (χ2n) is 4.93. The van der Waals surface area contributed by atoms with E-state index in [0.717, 1.165) is 24.1 Å². The summed E-state index contributed by atoms with van der Waals surface area (Å²) in [5.41, 5.74) is 1.76. The van der Waals surface area contributed by atoms with Crippen LogP contribution >= 0.6 is 0 Å². The molecular formula is C15H24N2O2. The lowest BCUT2D eigenvalue weighted by Crippen LogP contribution is -2.38. The number of aliphatic hydroxyl groups excluding tert-OH is 1. The zero-order valence-electron chi connectivity index (χ0n) is 11.9. The van der Waals surface area contributed by atoms with E-state index in [1.807, 2.05) is 45.2 Å². The second kappa shape index (κ2) is 7.92. The average Bonchev–Trinajstić information content (AvgIpc) is 2.44. The predicted octanol–water partition coefficient (Wildman–Crippen LogP) is 1.20. The number of amides is 1. The number of carbonyl (C=O) groups excluding carboxylic acids is 1. The third-order valence-electron chi connectivity index (χ3n) is 3.41. The maximum Gasteiger partial charge on any atom is 0.251 e. The van der Waals surface area contributed by atoms with Crippen molar-refractivity contribution in [1.29, 1.82) is 0 Å². The molecule has 1 aromatic carbocycles. The van der Waals surface area contributed by atoms with Crippen LogP contribution in [0.1, 0.15) is 29.8 Å². The Hall–Kier alpha value is -1.39. The minimum absolute atomic E-state index is 0.0464. The molecule has 0 spiro atoms. The summed E-state index contributed by atoms with van der Waals surface area (Å²) in [6.07, 6.45) is 0.823. The minimum Gasteiger partial charge on any atom is -0.396 e. The van der Waals surface area contributed by atoms with Crippen molar-refractivity contribution in [2.75, 3.05) is 20.2 Å². The third-order valence-corrected chi connectivity index (χ3v) is 3.41. The molecule has 0 radical (unpaired) electrons. The molecule has 1 amide bonds. The van der Waals surface area contributed by atoms with Crippen molar-refractivity contribution in [3.8, 4) is 0 Å². The maximum atomic E-state index is 12.2. The summed E-state index contributed by atoms with van der Waals surface area (Å²) in [6, 6.07) is 7.59. The first kappa shape index (κ1) is 15.7. The third kappa shape index (κ3) is 4.65. The monoisotopic (exact) mass is 264 g/mol. The van der Waals surface area contributed by atoms with Gasteiger partial charge in [-0.1, -0.05) is 25.1 Å². The van der Waals surface area contributed by atoms with Crippen LogP contribution in [0.5, 0.6) is 0 Å². The van der Waals surface area contributed by atoms with E-state index in [1.165, 1.54) is 0 Å². The van der Waals surface area contributed by atoms with Gasteiger partial charge in [0.15, 0.2) is 0 Å². The van der Waals surface area contributed by atoms with Gasteiger partial charge >= 0.3 is 0 Å². The fraction of sp³-hybridized carbons (Fsp3) is 0.533. The van der Waals surface area contributed by atoms with Crippen molar-refractivity contribution in [1.82, 2.24) is 10.6 Å². The summed E-state index contributed by atoms with van der Waals surface area (Å²) in [7, 11) is 1.90.